The van der Waals surface area contributed by atoms with Crippen LogP contribution in [-0.4, -0.2) is 12.6 Å². The molecule has 0 aromatic rings. The van der Waals surface area contributed by atoms with Crippen molar-refractivity contribution in [1.29, 1.82) is 0 Å². The van der Waals surface area contributed by atoms with E-state index in [9.17, 15) is 4.79 Å². The summed E-state index contributed by atoms with van der Waals surface area (Å²) < 4.78 is 5.13. The van der Waals surface area contributed by atoms with Gasteiger partial charge in [0.15, 0.2) is 0 Å². The van der Waals surface area contributed by atoms with E-state index in [4.69, 9.17) is 4.74 Å². The van der Waals surface area contributed by atoms with Crippen LogP contribution in [0.5, 0.6) is 0 Å². The second-order valence-corrected chi connectivity index (χ2v) is 5.37. The third kappa shape index (κ3) is 11.9. The van der Waals surface area contributed by atoms with Gasteiger partial charge in [-0.2, -0.15) is 0 Å². The average molecular weight is 256 g/mol. The minimum Gasteiger partial charge on any atom is -0.466 e. The Hall–Kier alpha value is -0.530. The van der Waals surface area contributed by atoms with Crippen LogP contribution in [0.15, 0.2) is 0 Å². The topological polar surface area (TPSA) is 26.3 Å². The zero-order valence-electron chi connectivity index (χ0n) is 12.7. The molecule has 0 spiro atoms. The van der Waals surface area contributed by atoms with Gasteiger partial charge in [0.2, 0.25) is 0 Å². The SMILES string of the molecule is CCCCCCCCCC(CCC)COC(C)=O. The highest BCUT2D eigenvalue weighted by Gasteiger charge is 2.09. The van der Waals surface area contributed by atoms with Crippen molar-refractivity contribution in [1.82, 2.24) is 0 Å². The minimum absolute atomic E-state index is 0.143. The zero-order chi connectivity index (χ0) is 13.6. The lowest BCUT2D eigenvalue weighted by atomic mass is 9.96. The van der Waals surface area contributed by atoms with Crippen LogP contribution in [0.1, 0.15) is 85.0 Å². The van der Waals surface area contributed by atoms with Crippen molar-refractivity contribution in [3.05, 3.63) is 0 Å². The van der Waals surface area contributed by atoms with Gasteiger partial charge in [0.05, 0.1) is 6.61 Å². The van der Waals surface area contributed by atoms with Gasteiger partial charge >= 0.3 is 5.97 Å². The van der Waals surface area contributed by atoms with E-state index in [1.807, 2.05) is 0 Å². The van der Waals surface area contributed by atoms with Gasteiger partial charge in [0, 0.05) is 6.92 Å². The fourth-order valence-corrected chi connectivity index (χ4v) is 2.34. The summed E-state index contributed by atoms with van der Waals surface area (Å²) in [7, 11) is 0. The largest absolute Gasteiger partial charge is 0.466 e. The van der Waals surface area contributed by atoms with Crippen LogP contribution in [-0.2, 0) is 9.53 Å². The fraction of sp³-hybridized carbons (Fsp3) is 0.938. The van der Waals surface area contributed by atoms with Gasteiger partial charge in [-0.05, 0) is 18.8 Å². The third-order valence-electron chi connectivity index (χ3n) is 3.44. The molecule has 0 heterocycles. The van der Waals surface area contributed by atoms with Crippen LogP contribution in [0.2, 0.25) is 0 Å². The predicted octanol–water partition coefficient (Wildman–Crippen LogP) is 5.11. The van der Waals surface area contributed by atoms with Crippen LogP contribution in [0, 0.1) is 5.92 Å². The Morgan fingerprint density at radius 2 is 1.50 bits per heavy atom. The maximum atomic E-state index is 10.8. The molecule has 0 aromatic carbocycles. The summed E-state index contributed by atoms with van der Waals surface area (Å²) in [4.78, 5) is 10.8. The Bertz CT molecular complexity index is 190. The summed E-state index contributed by atoms with van der Waals surface area (Å²) in [5, 5.41) is 0. The first-order chi connectivity index (χ1) is 8.70. The quantitative estimate of drug-likeness (QED) is 0.358. The van der Waals surface area contributed by atoms with E-state index < -0.39 is 0 Å². The molecular weight excluding hydrogens is 224 g/mol. The van der Waals surface area contributed by atoms with E-state index in [0.717, 1.165) is 0 Å². The Labute approximate surface area is 113 Å². The van der Waals surface area contributed by atoms with Gasteiger partial charge in [-0.25, -0.2) is 0 Å². The van der Waals surface area contributed by atoms with Crippen molar-refractivity contribution >= 4 is 5.97 Å². The van der Waals surface area contributed by atoms with Crippen LogP contribution in [0.3, 0.4) is 0 Å². The molecule has 0 bridgehead atoms. The number of hydrogen-bond donors (Lipinski definition) is 0. The van der Waals surface area contributed by atoms with Crippen molar-refractivity contribution in [2.24, 2.45) is 5.92 Å². The second kappa shape index (κ2) is 12.9. The Morgan fingerprint density at radius 1 is 0.889 bits per heavy atom. The van der Waals surface area contributed by atoms with Gasteiger partial charge in [0.1, 0.15) is 0 Å². The highest BCUT2D eigenvalue weighted by molar-refractivity contribution is 5.65. The van der Waals surface area contributed by atoms with E-state index in [0.29, 0.717) is 12.5 Å². The zero-order valence-corrected chi connectivity index (χ0v) is 12.7. The number of carbonyl (C=O) groups is 1. The number of rotatable bonds is 12. The molecule has 0 saturated heterocycles. The minimum atomic E-state index is -0.143. The normalized spacial score (nSPS) is 12.4. The molecule has 108 valence electrons. The number of esters is 1. The summed E-state index contributed by atoms with van der Waals surface area (Å²) in [5.74, 6) is 0.435. The molecule has 0 N–H and O–H groups in total. The van der Waals surface area contributed by atoms with Gasteiger partial charge in [-0.3, -0.25) is 4.79 Å². The molecule has 2 nitrogen and oxygen atoms in total. The van der Waals surface area contributed by atoms with Gasteiger partial charge in [0.25, 0.3) is 0 Å². The van der Waals surface area contributed by atoms with Crippen LogP contribution >= 0.6 is 0 Å². The molecule has 2 heteroatoms. The van der Waals surface area contributed by atoms with Gasteiger partial charge in [-0.1, -0.05) is 65.2 Å². The molecule has 18 heavy (non-hydrogen) atoms. The molecule has 0 aromatic heterocycles. The Kier molecular flexibility index (Phi) is 12.5. The van der Waals surface area contributed by atoms with Crippen LogP contribution in [0.25, 0.3) is 0 Å². The van der Waals surface area contributed by atoms with Gasteiger partial charge in [-0.15, -0.1) is 0 Å². The molecule has 0 rings (SSSR count). The fourth-order valence-electron chi connectivity index (χ4n) is 2.34. The monoisotopic (exact) mass is 256 g/mol. The first kappa shape index (κ1) is 17.5. The lowest BCUT2D eigenvalue weighted by Gasteiger charge is -2.15. The van der Waals surface area contributed by atoms with E-state index in [-0.39, 0.29) is 5.97 Å². The number of hydrogen-bond acceptors (Lipinski definition) is 2. The molecule has 0 radical (unpaired) electrons. The molecule has 0 amide bonds. The van der Waals surface area contributed by atoms with Crippen molar-refractivity contribution in [3.63, 3.8) is 0 Å². The van der Waals surface area contributed by atoms with Crippen LogP contribution in [0.4, 0.5) is 0 Å². The molecule has 0 aliphatic carbocycles. The molecule has 0 aliphatic heterocycles. The maximum absolute atomic E-state index is 10.8. The van der Waals surface area contributed by atoms with Crippen molar-refractivity contribution in [2.75, 3.05) is 6.61 Å². The van der Waals surface area contributed by atoms with Gasteiger partial charge < -0.3 is 4.74 Å². The average Bonchev–Trinajstić information content (AvgIpc) is 2.34. The summed E-state index contributed by atoms with van der Waals surface area (Å²) in [6.07, 6.45) is 13.1. The summed E-state index contributed by atoms with van der Waals surface area (Å²) in [6.45, 7) is 6.58. The lowest BCUT2D eigenvalue weighted by molar-refractivity contribution is -0.142. The first-order valence-electron chi connectivity index (χ1n) is 7.84. The molecule has 0 aliphatic rings. The van der Waals surface area contributed by atoms with E-state index in [2.05, 4.69) is 13.8 Å². The van der Waals surface area contributed by atoms with E-state index in [1.165, 1.54) is 71.1 Å². The summed E-state index contributed by atoms with van der Waals surface area (Å²) in [5.41, 5.74) is 0. The standard InChI is InChI=1S/C16H32O2/c1-4-6-7-8-9-10-11-13-16(12-5-2)14-18-15(3)17/h16H,4-14H2,1-3H3. The molecule has 0 saturated carbocycles. The summed E-state index contributed by atoms with van der Waals surface area (Å²) >= 11 is 0. The first-order valence-corrected chi connectivity index (χ1v) is 7.84. The number of unbranched alkanes of at least 4 members (excludes halogenated alkanes) is 6. The number of carbonyl (C=O) groups excluding carboxylic acids is 1. The molecule has 1 unspecified atom stereocenters. The highest BCUT2D eigenvalue weighted by atomic mass is 16.5. The molecular formula is C16H32O2. The van der Waals surface area contributed by atoms with Crippen molar-refractivity contribution in [2.45, 2.75) is 85.0 Å². The Balaban J connectivity index is 3.48. The summed E-state index contributed by atoms with van der Waals surface area (Å²) in [6, 6.07) is 0. The molecule has 1 atom stereocenters. The highest BCUT2D eigenvalue weighted by Crippen LogP contribution is 2.17. The van der Waals surface area contributed by atoms with E-state index in [1.54, 1.807) is 0 Å². The number of ether oxygens (including phenoxy) is 1. The third-order valence-corrected chi connectivity index (χ3v) is 3.44. The maximum Gasteiger partial charge on any atom is 0.302 e. The predicted molar refractivity (Wildman–Crippen MR) is 77.6 cm³/mol. The van der Waals surface area contributed by atoms with Crippen molar-refractivity contribution < 1.29 is 9.53 Å². The second-order valence-electron chi connectivity index (χ2n) is 5.37. The van der Waals surface area contributed by atoms with Crippen LogP contribution < -0.4 is 0 Å². The molecule has 0 fully saturated rings. The van der Waals surface area contributed by atoms with E-state index >= 15 is 0 Å². The Morgan fingerprint density at radius 3 is 2.06 bits per heavy atom. The smallest absolute Gasteiger partial charge is 0.302 e. The van der Waals surface area contributed by atoms with Crippen molar-refractivity contribution in [3.8, 4) is 0 Å². The lowest BCUT2D eigenvalue weighted by Crippen LogP contribution is -2.12.